The van der Waals surface area contributed by atoms with Crippen LogP contribution in [-0.2, 0) is 8.37 Å². The van der Waals surface area contributed by atoms with Gasteiger partial charge in [0.15, 0.2) is 0 Å². The van der Waals surface area contributed by atoms with E-state index in [1.807, 2.05) is 0 Å². The van der Waals surface area contributed by atoms with Crippen LogP contribution in [0.1, 0.15) is 31.8 Å². The van der Waals surface area contributed by atoms with E-state index < -0.39 is 11.9 Å². The molecular weight excluding hydrogens is 312 g/mol. The van der Waals surface area contributed by atoms with Gasteiger partial charge in [-0.05, 0) is 23.3 Å². The van der Waals surface area contributed by atoms with E-state index in [9.17, 15) is 9.59 Å². The van der Waals surface area contributed by atoms with Crippen LogP contribution < -0.4 is 0 Å². The zero-order valence-corrected chi connectivity index (χ0v) is 13.0. The molecule has 0 heterocycles. The maximum atomic E-state index is 12.0. The molecule has 23 heavy (non-hydrogen) atoms. The van der Waals surface area contributed by atoms with Gasteiger partial charge in [-0.3, -0.25) is 0 Å². The van der Waals surface area contributed by atoms with Gasteiger partial charge in [0.1, 0.15) is 0 Å². The SMILES string of the molecule is C=Cc1ccccc1C(=O)OSOC(=O)c1ccccc1C=C. The number of carbonyl (C=O) groups excluding carboxylic acids is 2. The molecule has 0 aromatic heterocycles. The minimum atomic E-state index is -0.615. The lowest BCUT2D eigenvalue weighted by Gasteiger charge is -2.06. The van der Waals surface area contributed by atoms with Crippen LogP contribution in [0.2, 0.25) is 0 Å². The Morgan fingerprint density at radius 2 is 1.17 bits per heavy atom. The molecule has 0 radical (unpaired) electrons. The van der Waals surface area contributed by atoms with Crippen LogP contribution in [0, 0.1) is 0 Å². The second kappa shape index (κ2) is 8.00. The van der Waals surface area contributed by atoms with Crippen LogP contribution in [-0.4, -0.2) is 11.9 Å². The molecule has 2 aromatic rings. The minimum absolute atomic E-state index is 0.330. The Morgan fingerprint density at radius 1 is 0.783 bits per heavy atom. The number of carbonyl (C=O) groups is 2. The summed E-state index contributed by atoms with van der Waals surface area (Å²) in [6.07, 6.45) is 3.10. The van der Waals surface area contributed by atoms with Gasteiger partial charge in [-0.1, -0.05) is 61.7 Å². The third-order valence-electron chi connectivity index (χ3n) is 3.02. The lowest BCUT2D eigenvalue weighted by Crippen LogP contribution is -2.06. The Labute approximate surface area is 138 Å². The number of hydrogen-bond acceptors (Lipinski definition) is 5. The van der Waals surface area contributed by atoms with Crippen molar-refractivity contribution < 1.29 is 18.0 Å². The summed E-state index contributed by atoms with van der Waals surface area (Å²) in [7, 11) is 0. The molecule has 0 aliphatic carbocycles. The molecule has 0 saturated carbocycles. The molecule has 116 valence electrons. The predicted octanol–water partition coefficient (Wildman–Crippen LogP) is 4.55. The molecule has 0 amide bonds. The molecular formula is C18H14O4S. The molecule has 0 aliphatic rings. The van der Waals surface area contributed by atoms with Crippen LogP contribution in [0.4, 0.5) is 0 Å². The van der Waals surface area contributed by atoms with Crippen molar-refractivity contribution in [1.29, 1.82) is 0 Å². The Morgan fingerprint density at radius 3 is 1.57 bits per heavy atom. The highest BCUT2D eigenvalue weighted by Crippen LogP contribution is 2.19. The number of hydrogen-bond donors (Lipinski definition) is 0. The summed E-state index contributed by atoms with van der Waals surface area (Å²) >= 11 is 0.330. The topological polar surface area (TPSA) is 52.6 Å². The Kier molecular flexibility index (Phi) is 5.77. The zero-order chi connectivity index (χ0) is 16.7. The minimum Gasteiger partial charge on any atom is -0.350 e. The molecule has 0 fully saturated rings. The van der Waals surface area contributed by atoms with Gasteiger partial charge in [0.2, 0.25) is 0 Å². The maximum absolute atomic E-state index is 12.0. The fraction of sp³-hybridized carbons (Fsp3) is 0. The monoisotopic (exact) mass is 326 g/mol. The van der Waals surface area contributed by atoms with Gasteiger partial charge < -0.3 is 8.37 Å². The smallest absolute Gasteiger partial charge is 0.350 e. The summed E-state index contributed by atoms with van der Waals surface area (Å²) in [5.41, 5.74) is 1.97. The third kappa shape index (κ3) is 4.11. The summed E-state index contributed by atoms with van der Waals surface area (Å²) in [6, 6.07) is 13.7. The predicted molar refractivity (Wildman–Crippen MR) is 91.5 cm³/mol. The summed E-state index contributed by atoms with van der Waals surface area (Å²) in [5, 5.41) is 0. The van der Waals surface area contributed by atoms with E-state index in [0.29, 0.717) is 34.6 Å². The first-order valence-corrected chi connectivity index (χ1v) is 7.37. The average Bonchev–Trinajstić information content (AvgIpc) is 2.61. The Hall–Kier alpha value is -2.79. The highest BCUT2D eigenvalue weighted by atomic mass is 32.2. The normalized spacial score (nSPS) is 9.74. The number of benzene rings is 2. The molecule has 0 spiro atoms. The molecule has 0 unspecified atom stereocenters. The van der Waals surface area contributed by atoms with Gasteiger partial charge in [-0.25, -0.2) is 9.59 Å². The van der Waals surface area contributed by atoms with Crippen molar-refractivity contribution in [2.24, 2.45) is 0 Å². The average molecular weight is 326 g/mol. The molecule has 5 heteroatoms. The van der Waals surface area contributed by atoms with Crippen LogP contribution in [0.5, 0.6) is 0 Å². The molecule has 2 rings (SSSR count). The van der Waals surface area contributed by atoms with Gasteiger partial charge in [-0.2, -0.15) is 0 Å². The second-order valence-electron chi connectivity index (χ2n) is 4.39. The van der Waals surface area contributed by atoms with Crippen molar-refractivity contribution in [2.45, 2.75) is 0 Å². The van der Waals surface area contributed by atoms with Gasteiger partial charge in [0.05, 0.1) is 11.1 Å². The first kappa shape index (κ1) is 16.6. The Balaban J connectivity index is 1.97. The fourth-order valence-corrected chi connectivity index (χ4v) is 2.23. The molecule has 2 aromatic carbocycles. The van der Waals surface area contributed by atoms with E-state index in [0.717, 1.165) is 0 Å². The highest BCUT2D eigenvalue weighted by molar-refractivity contribution is 7.90. The molecule has 0 aliphatic heterocycles. The fourth-order valence-electron chi connectivity index (χ4n) is 1.89. The van der Waals surface area contributed by atoms with E-state index in [1.54, 1.807) is 60.7 Å². The maximum Gasteiger partial charge on any atom is 0.353 e. The summed E-state index contributed by atoms with van der Waals surface area (Å²) < 4.78 is 9.79. The van der Waals surface area contributed by atoms with Crippen LogP contribution in [0.25, 0.3) is 12.2 Å². The van der Waals surface area contributed by atoms with E-state index in [1.165, 1.54) is 0 Å². The Bertz CT molecular complexity index is 689. The van der Waals surface area contributed by atoms with Crippen molar-refractivity contribution in [3.05, 3.63) is 83.9 Å². The van der Waals surface area contributed by atoms with Gasteiger partial charge in [0.25, 0.3) is 12.3 Å². The van der Waals surface area contributed by atoms with Gasteiger partial charge in [0, 0.05) is 0 Å². The lowest BCUT2D eigenvalue weighted by atomic mass is 10.1. The number of rotatable bonds is 6. The summed E-state index contributed by atoms with van der Waals surface area (Å²) in [4.78, 5) is 23.9. The van der Waals surface area contributed by atoms with Gasteiger partial charge >= 0.3 is 11.9 Å². The van der Waals surface area contributed by atoms with E-state index >= 15 is 0 Å². The molecule has 4 nitrogen and oxygen atoms in total. The van der Waals surface area contributed by atoms with Crippen LogP contribution in [0.15, 0.2) is 61.7 Å². The van der Waals surface area contributed by atoms with Crippen LogP contribution in [0.3, 0.4) is 0 Å². The van der Waals surface area contributed by atoms with E-state index in [2.05, 4.69) is 13.2 Å². The van der Waals surface area contributed by atoms with Crippen molar-refractivity contribution in [2.75, 3.05) is 0 Å². The third-order valence-corrected chi connectivity index (χ3v) is 3.46. The van der Waals surface area contributed by atoms with E-state index in [4.69, 9.17) is 8.37 Å². The summed E-state index contributed by atoms with van der Waals surface area (Å²) in [5.74, 6) is -1.23. The largest absolute Gasteiger partial charge is 0.353 e. The molecule has 0 saturated heterocycles. The zero-order valence-electron chi connectivity index (χ0n) is 12.2. The lowest BCUT2D eigenvalue weighted by molar-refractivity contribution is 0.0703. The van der Waals surface area contributed by atoms with Crippen molar-refractivity contribution in [3.8, 4) is 0 Å². The van der Waals surface area contributed by atoms with Crippen molar-refractivity contribution in [1.82, 2.24) is 0 Å². The molecule has 0 N–H and O–H groups in total. The first-order valence-electron chi connectivity index (χ1n) is 6.70. The van der Waals surface area contributed by atoms with Crippen molar-refractivity contribution >= 4 is 36.4 Å². The van der Waals surface area contributed by atoms with E-state index in [-0.39, 0.29) is 0 Å². The molecule has 0 bridgehead atoms. The van der Waals surface area contributed by atoms with Gasteiger partial charge in [-0.15, -0.1) is 0 Å². The standard InChI is InChI=1S/C18H14O4S/c1-3-13-9-5-7-11-15(13)17(19)21-23-22-18(20)16-12-8-6-10-14(16)4-2/h3-12H,1-2H2. The van der Waals surface area contributed by atoms with Crippen LogP contribution >= 0.6 is 12.3 Å². The first-order chi connectivity index (χ1) is 11.2. The second-order valence-corrected chi connectivity index (χ2v) is 4.86. The molecule has 0 atom stereocenters. The highest BCUT2D eigenvalue weighted by Gasteiger charge is 2.15. The quantitative estimate of drug-likeness (QED) is 0.729. The van der Waals surface area contributed by atoms with Crippen molar-refractivity contribution in [3.63, 3.8) is 0 Å². The summed E-state index contributed by atoms with van der Waals surface area (Å²) in [6.45, 7) is 7.26.